The fourth-order valence-electron chi connectivity index (χ4n) is 3.94. The summed E-state index contributed by atoms with van der Waals surface area (Å²) >= 11 is 0. The van der Waals surface area contributed by atoms with Crippen molar-refractivity contribution in [1.29, 1.82) is 0 Å². The highest BCUT2D eigenvalue weighted by atomic mass is 16.7. The van der Waals surface area contributed by atoms with Crippen LogP contribution in [0.15, 0.2) is 46.8 Å². The molecule has 2 heterocycles. The fourth-order valence-corrected chi connectivity index (χ4v) is 3.94. The molecule has 0 saturated carbocycles. The highest BCUT2D eigenvalue weighted by molar-refractivity contribution is 5.92. The van der Waals surface area contributed by atoms with E-state index in [0.29, 0.717) is 18.8 Å². The van der Waals surface area contributed by atoms with Gasteiger partial charge in [0.05, 0.1) is 18.8 Å². The maximum atomic E-state index is 12.9. The largest absolute Gasteiger partial charge is 0.458 e. The van der Waals surface area contributed by atoms with Gasteiger partial charge in [-0.2, -0.15) is 0 Å². The Morgan fingerprint density at radius 3 is 2.50 bits per heavy atom. The molecule has 0 aromatic rings. The van der Waals surface area contributed by atoms with Crippen LogP contribution in [-0.2, 0) is 33.3 Å². The van der Waals surface area contributed by atoms with E-state index >= 15 is 0 Å². The predicted octanol–water partition coefficient (Wildman–Crippen LogP) is 4.49. The van der Waals surface area contributed by atoms with Crippen LogP contribution in [0.25, 0.3) is 0 Å². The van der Waals surface area contributed by atoms with Gasteiger partial charge in [0.25, 0.3) is 6.29 Å². The average Bonchev–Trinajstić information content (AvgIpc) is 3.31. The molecule has 3 aliphatic rings. The minimum atomic E-state index is -0.866. The summed E-state index contributed by atoms with van der Waals surface area (Å²) < 4.78 is 27.8. The monoisotopic (exact) mass is 446 g/mol. The Labute approximate surface area is 190 Å². The molecule has 176 valence electrons. The average molecular weight is 447 g/mol. The topological polar surface area (TPSA) is 80.3 Å². The van der Waals surface area contributed by atoms with Crippen molar-refractivity contribution < 1.29 is 33.3 Å². The summed E-state index contributed by atoms with van der Waals surface area (Å²) in [5.74, 6) is -0.962. The Bertz CT molecular complexity index is 861. The standard InChI is InChI=1S/C25H34O7/c1-16-14-20(31-21(16)26)30-15-17(22(27)32-24(2,3)4)9-10-19-18(23-28-12-13-29-23)8-7-11-25(19,5)6/h9-10,14-15,20,23H,7-8,11-13H2,1-6H3/b10-9+,17-15+. The molecule has 0 bridgehead atoms. The number of carbonyl (C=O) groups excluding carboxylic acids is 2. The zero-order valence-corrected chi connectivity index (χ0v) is 19.9. The van der Waals surface area contributed by atoms with Gasteiger partial charge < -0.3 is 23.7 Å². The third kappa shape index (κ3) is 6.11. The van der Waals surface area contributed by atoms with Gasteiger partial charge in [0, 0.05) is 11.6 Å². The molecule has 0 radical (unpaired) electrons. The number of ether oxygens (including phenoxy) is 5. The summed E-state index contributed by atoms with van der Waals surface area (Å²) in [6, 6.07) is 0. The van der Waals surface area contributed by atoms with E-state index in [2.05, 4.69) is 13.8 Å². The molecule has 7 heteroatoms. The van der Waals surface area contributed by atoms with E-state index < -0.39 is 23.8 Å². The van der Waals surface area contributed by atoms with Crippen molar-refractivity contribution in [3.8, 4) is 0 Å². The molecule has 1 aliphatic carbocycles. The third-order valence-electron chi connectivity index (χ3n) is 5.55. The highest BCUT2D eigenvalue weighted by Gasteiger charge is 2.34. The van der Waals surface area contributed by atoms with Crippen LogP contribution < -0.4 is 0 Å². The summed E-state index contributed by atoms with van der Waals surface area (Å²) in [4.78, 5) is 24.4. The van der Waals surface area contributed by atoms with E-state index in [-0.39, 0.29) is 17.3 Å². The number of esters is 2. The minimum Gasteiger partial charge on any atom is -0.458 e. The maximum Gasteiger partial charge on any atom is 0.341 e. The first kappa shape index (κ1) is 24.3. The van der Waals surface area contributed by atoms with Crippen LogP contribution in [0.1, 0.15) is 60.8 Å². The molecule has 1 unspecified atom stereocenters. The molecule has 0 amide bonds. The van der Waals surface area contributed by atoms with Gasteiger partial charge in [-0.3, -0.25) is 0 Å². The molecule has 3 rings (SSSR count). The zero-order chi connectivity index (χ0) is 23.5. The summed E-state index contributed by atoms with van der Waals surface area (Å²) in [5.41, 5.74) is 2.12. The van der Waals surface area contributed by atoms with E-state index in [0.717, 1.165) is 30.4 Å². The molecule has 0 aromatic heterocycles. The number of rotatable bonds is 6. The molecule has 2 aliphatic heterocycles. The van der Waals surface area contributed by atoms with Crippen LogP contribution in [0, 0.1) is 5.41 Å². The smallest absolute Gasteiger partial charge is 0.341 e. The lowest BCUT2D eigenvalue weighted by atomic mass is 9.72. The fraction of sp³-hybridized carbons (Fsp3) is 0.600. The van der Waals surface area contributed by atoms with Crippen molar-refractivity contribution >= 4 is 11.9 Å². The Balaban J connectivity index is 1.90. The van der Waals surface area contributed by atoms with Crippen molar-refractivity contribution in [3.05, 3.63) is 46.8 Å². The molecule has 1 fully saturated rings. The summed E-state index contributed by atoms with van der Waals surface area (Å²) in [6.07, 6.45) is 8.23. The van der Waals surface area contributed by atoms with Crippen LogP contribution in [0.3, 0.4) is 0 Å². The molecule has 32 heavy (non-hydrogen) atoms. The third-order valence-corrected chi connectivity index (χ3v) is 5.55. The molecular weight excluding hydrogens is 412 g/mol. The van der Waals surface area contributed by atoms with Crippen LogP contribution in [-0.4, -0.2) is 43.3 Å². The van der Waals surface area contributed by atoms with Gasteiger partial charge in [-0.05, 0) is 69.6 Å². The Hall–Kier alpha value is -2.38. The Morgan fingerprint density at radius 2 is 1.91 bits per heavy atom. The number of carbonyl (C=O) groups is 2. The second kappa shape index (κ2) is 9.63. The Kier molecular flexibility index (Phi) is 7.30. The van der Waals surface area contributed by atoms with E-state index in [1.807, 2.05) is 6.08 Å². The number of cyclic esters (lactones) is 1. The van der Waals surface area contributed by atoms with Crippen LogP contribution in [0.4, 0.5) is 0 Å². The normalized spacial score (nSPS) is 24.7. The van der Waals surface area contributed by atoms with Gasteiger partial charge in [-0.1, -0.05) is 19.9 Å². The van der Waals surface area contributed by atoms with Gasteiger partial charge in [0.1, 0.15) is 11.9 Å². The number of hydrogen-bond acceptors (Lipinski definition) is 7. The van der Waals surface area contributed by atoms with Crippen molar-refractivity contribution in [2.45, 2.75) is 79.0 Å². The van der Waals surface area contributed by atoms with Crippen molar-refractivity contribution in [3.63, 3.8) is 0 Å². The molecule has 0 spiro atoms. The molecule has 1 atom stereocenters. The van der Waals surface area contributed by atoms with Gasteiger partial charge >= 0.3 is 11.9 Å². The summed E-state index contributed by atoms with van der Waals surface area (Å²) in [6.45, 7) is 12.6. The quantitative estimate of drug-likeness (QED) is 0.257. The lowest BCUT2D eigenvalue weighted by Gasteiger charge is -2.35. The molecular formula is C25H34O7. The van der Waals surface area contributed by atoms with Gasteiger partial charge in [-0.25, -0.2) is 9.59 Å². The number of hydrogen-bond donors (Lipinski definition) is 0. The zero-order valence-electron chi connectivity index (χ0n) is 19.9. The van der Waals surface area contributed by atoms with Crippen molar-refractivity contribution in [2.75, 3.05) is 13.2 Å². The first-order valence-corrected chi connectivity index (χ1v) is 11.1. The van der Waals surface area contributed by atoms with Crippen molar-refractivity contribution in [2.24, 2.45) is 5.41 Å². The van der Waals surface area contributed by atoms with Crippen LogP contribution >= 0.6 is 0 Å². The second-order valence-corrected chi connectivity index (χ2v) is 9.92. The van der Waals surface area contributed by atoms with E-state index in [1.54, 1.807) is 39.8 Å². The molecule has 1 saturated heterocycles. The minimum absolute atomic E-state index is 0.0971. The predicted molar refractivity (Wildman–Crippen MR) is 118 cm³/mol. The first-order valence-electron chi connectivity index (χ1n) is 11.1. The Morgan fingerprint density at radius 1 is 1.22 bits per heavy atom. The van der Waals surface area contributed by atoms with Gasteiger partial charge in [0.2, 0.25) is 0 Å². The SMILES string of the molecule is CC1=CC(O/C=C(\C=C\C2=C(C3OCCO3)CCCC2(C)C)C(=O)OC(C)(C)C)OC1=O. The maximum absolute atomic E-state index is 12.9. The van der Waals surface area contributed by atoms with Gasteiger partial charge in [-0.15, -0.1) is 0 Å². The van der Waals surface area contributed by atoms with Crippen LogP contribution in [0.2, 0.25) is 0 Å². The van der Waals surface area contributed by atoms with Crippen molar-refractivity contribution in [1.82, 2.24) is 0 Å². The first-order chi connectivity index (χ1) is 15.0. The lowest BCUT2D eigenvalue weighted by molar-refractivity contribution is -0.152. The van der Waals surface area contributed by atoms with Crippen LogP contribution in [0.5, 0.6) is 0 Å². The molecule has 0 aromatic carbocycles. The molecule has 0 N–H and O–H groups in total. The number of allylic oxidation sites excluding steroid dienone is 2. The van der Waals surface area contributed by atoms with E-state index in [9.17, 15) is 9.59 Å². The van der Waals surface area contributed by atoms with E-state index in [1.165, 1.54) is 6.26 Å². The lowest BCUT2D eigenvalue weighted by Crippen LogP contribution is -2.26. The summed E-state index contributed by atoms with van der Waals surface area (Å²) in [7, 11) is 0. The van der Waals surface area contributed by atoms with E-state index in [4.69, 9.17) is 23.7 Å². The second-order valence-electron chi connectivity index (χ2n) is 9.92. The van der Waals surface area contributed by atoms with Gasteiger partial charge in [0.15, 0.2) is 6.29 Å². The highest BCUT2D eigenvalue weighted by Crippen LogP contribution is 2.43. The summed E-state index contributed by atoms with van der Waals surface area (Å²) in [5, 5.41) is 0. The molecule has 7 nitrogen and oxygen atoms in total.